The predicted octanol–water partition coefficient (Wildman–Crippen LogP) is 2.04. The van der Waals surface area contributed by atoms with Crippen LogP contribution >= 0.6 is 11.3 Å². The number of thiazole rings is 1. The van der Waals surface area contributed by atoms with Crippen LogP contribution in [0.1, 0.15) is 12.2 Å². The number of hydrogen-bond acceptors (Lipinski definition) is 9. The Morgan fingerprint density at radius 1 is 1.28 bits per heavy atom. The fraction of sp³-hybridized carbons (Fsp3) is 0.211. The number of aliphatic hydroxyl groups is 1. The van der Waals surface area contributed by atoms with Gasteiger partial charge in [0, 0.05) is 37.2 Å². The molecule has 0 spiro atoms. The van der Waals surface area contributed by atoms with Crippen molar-refractivity contribution < 1.29 is 14.4 Å². The van der Waals surface area contributed by atoms with E-state index in [0.717, 1.165) is 16.1 Å². The second-order valence-corrected chi connectivity index (χ2v) is 7.90. The molecule has 0 bridgehead atoms. The molecule has 0 saturated carbocycles. The van der Waals surface area contributed by atoms with Gasteiger partial charge in [-0.05, 0) is 6.07 Å². The molecule has 3 aromatic heterocycles. The molecule has 3 N–H and O–H groups in total. The second-order valence-electron chi connectivity index (χ2n) is 6.93. The normalized spacial score (nSPS) is 19.4. The number of amides is 1. The highest BCUT2D eigenvalue weighted by atomic mass is 32.1. The molecule has 10 heteroatoms. The molecule has 1 aliphatic rings. The van der Waals surface area contributed by atoms with Crippen LogP contribution in [0.25, 0.3) is 32.2 Å². The van der Waals surface area contributed by atoms with Crippen LogP contribution in [0, 0.1) is 0 Å². The summed E-state index contributed by atoms with van der Waals surface area (Å²) in [6.45, 7) is 0.463. The third-order valence-corrected chi connectivity index (χ3v) is 6.07. The smallest absolute Gasteiger partial charge is 0.262 e. The highest BCUT2D eigenvalue weighted by molar-refractivity contribution is 7.21. The highest BCUT2D eigenvalue weighted by Crippen LogP contribution is 2.36. The van der Waals surface area contributed by atoms with Crippen molar-refractivity contribution in [3.8, 4) is 21.8 Å². The van der Waals surface area contributed by atoms with Gasteiger partial charge >= 0.3 is 0 Å². The van der Waals surface area contributed by atoms with E-state index >= 15 is 0 Å². The van der Waals surface area contributed by atoms with Crippen molar-refractivity contribution in [3.63, 3.8) is 0 Å². The SMILES string of the molecule is CN1CCC(O)(c2cc(-c3cccc(-c4nc5c(N)ncnc5s4)c3)no2)C1=O. The van der Waals surface area contributed by atoms with E-state index in [-0.39, 0.29) is 18.1 Å². The topological polar surface area (TPSA) is 131 Å². The summed E-state index contributed by atoms with van der Waals surface area (Å²) >= 11 is 1.42. The summed E-state index contributed by atoms with van der Waals surface area (Å²) in [5, 5.41) is 15.6. The monoisotopic (exact) mass is 408 g/mol. The largest absolute Gasteiger partial charge is 0.382 e. The molecule has 4 heterocycles. The quantitative estimate of drug-likeness (QED) is 0.526. The zero-order valence-electron chi connectivity index (χ0n) is 15.4. The van der Waals surface area contributed by atoms with E-state index in [2.05, 4.69) is 20.1 Å². The zero-order chi connectivity index (χ0) is 20.2. The molecule has 1 saturated heterocycles. The first-order valence-electron chi connectivity index (χ1n) is 8.89. The van der Waals surface area contributed by atoms with Crippen LogP contribution in [0.15, 0.2) is 41.2 Å². The lowest BCUT2D eigenvalue weighted by Gasteiger charge is -2.16. The minimum atomic E-state index is -1.67. The van der Waals surface area contributed by atoms with Gasteiger partial charge in [-0.1, -0.05) is 34.7 Å². The summed E-state index contributed by atoms with van der Waals surface area (Å²) in [7, 11) is 1.65. The Balaban J connectivity index is 1.51. The molecule has 0 radical (unpaired) electrons. The van der Waals surface area contributed by atoms with Crippen LogP contribution < -0.4 is 5.73 Å². The standard InChI is InChI=1S/C19H16N6O3S/c1-25-6-5-19(27,18(25)26)13-8-12(24-28-13)10-3-2-4-11(7-10)16-23-14-15(20)21-9-22-17(14)29-16/h2-4,7-9,27H,5-6H2,1H3,(H2,20,21,22). The van der Waals surface area contributed by atoms with Gasteiger partial charge in [-0.15, -0.1) is 0 Å². The van der Waals surface area contributed by atoms with E-state index in [0.29, 0.717) is 28.4 Å². The molecular weight excluding hydrogens is 392 g/mol. The predicted molar refractivity (Wildman–Crippen MR) is 107 cm³/mol. The molecule has 5 rings (SSSR count). The number of hydrogen-bond donors (Lipinski definition) is 2. The van der Waals surface area contributed by atoms with Crippen LogP contribution in [0.2, 0.25) is 0 Å². The third kappa shape index (κ3) is 2.76. The van der Waals surface area contributed by atoms with Crippen molar-refractivity contribution in [1.29, 1.82) is 0 Å². The van der Waals surface area contributed by atoms with Crippen molar-refractivity contribution in [3.05, 3.63) is 42.4 Å². The maximum Gasteiger partial charge on any atom is 0.262 e. The molecule has 4 aromatic rings. The van der Waals surface area contributed by atoms with Crippen LogP contribution in [0.4, 0.5) is 5.82 Å². The Morgan fingerprint density at radius 2 is 2.10 bits per heavy atom. The van der Waals surface area contributed by atoms with Gasteiger partial charge in [0.05, 0.1) is 0 Å². The second kappa shape index (κ2) is 6.33. The lowest BCUT2D eigenvalue weighted by atomic mass is 9.98. The van der Waals surface area contributed by atoms with Gasteiger partial charge < -0.3 is 20.3 Å². The molecule has 1 unspecified atom stereocenters. The fourth-order valence-electron chi connectivity index (χ4n) is 3.39. The first-order valence-corrected chi connectivity index (χ1v) is 9.70. The van der Waals surface area contributed by atoms with E-state index in [1.807, 2.05) is 24.3 Å². The molecule has 1 atom stereocenters. The van der Waals surface area contributed by atoms with Crippen molar-refractivity contribution in [2.24, 2.45) is 0 Å². The number of anilines is 1. The van der Waals surface area contributed by atoms with Crippen LogP contribution in [0.5, 0.6) is 0 Å². The maximum absolute atomic E-state index is 12.3. The van der Waals surface area contributed by atoms with Crippen LogP contribution in [-0.4, -0.2) is 49.6 Å². The highest BCUT2D eigenvalue weighted by Gasteiger charge is 2.48. The summed E-state index contributed by atoms with van der Waals surface area (Å²) in [4.78, 5) is 27.2. The number of nitrogen functional groups attached to an aromatic ring is 1. The number of carbonyl (C=O) groups excluding carboxylic acids is 1. The van der Waals surface area contributed by atoms with E-state index in [1.54, 1.807) is 13.1 Å². The van der Waals surface area contributed by atoms with Gasteiger partial charge in [0.25, 0.3) is 5.91 Å². The van der Waals surface area contributed by atoms with Crippen molar-refractivity contribution in [2.75, 3.05) is 19.3 Å². The number of benzene rings is 1. The number of aromatic nitrogens is 4. The molecule has 1 fully saturated rings. The first-order chi connectivity index (χ1) is 14.0. The number of rotatable bonds is 3. The van der Waals surface area contributed by atoms with Gasteiger partial charge in [-0.2, -0.15) is 0 Å². The number of nitrogens with zero attached hydrogens (tertiary/aromatic N) is 5. The number of fused-ring (bicyclic) bond motifs is 1. The number of likely N-dealkylation sites (tertiary alicyclic amines) is 1. The zero-order valence-corrected chi connectivity index (χ0v) is 16.2. The molecule has 9 nitrogen and oxygen atoms in total. The molecule has 0 aliphatic carbocycles. The van der Waals surface area contributed by atoms with E-state index in [9.17, 15) is 9.90 Å². The van der Waals surface area contributed by atoms with Gasteiger partial charge in [0.2, 0.25) is 5.60 Å². The van der Waals surface area contributed by atoms with Crippen LogP contribution in [0.3, 0.4) is 0 Å². The van der Waals surface area contributed by atoms with E-state index < -0.39 is 5.60 Å². The Labute approximate surface area is 168 Å². The van der Waals surface area contributed by atoms with Gasteiger partial charge in [-0.3, -0.25) is 4.79 Å². The Hall–Kier alpha value is -3.37. The summed E-state index contributed by atoms with van der Waals surface area (Å²) in [6.07, 6.45) is 1.69. The lowest BCUT2D eigenvalue weighted by molar-refractivity contribution is -0.144. The molecule has 29 heavy (non-hydrogen) atoms. The minimum Gasteiger partial charge on any atom is -0.382 e. The van der Waals surface area contributed by atoms with E-state index in [1.165, 1.54) is 22.6 Å². The molecule has 1 amide bonds. The number of likely N-dealkylation sites (N-methyl/N-ethyl adjacent to an activating group) is 1. The average Bonchev–Trinajstić information content (AvgIpc) is 3.44. The summed E-state index contributed by atoms with van der Waals surface area (Å²) in [5.41, 5.74) is 6.96. The molecule has 146 valence electrons. The van der Waals surface area contributed by atoms with Crippen molar-refractivity contribution >= 4 is 33.4 Å². The molecule has 1 aromatic carbocycles. The fourth-order valence-corrected chi connectivity index (χ4v) is 4.31. The van der Waals surface area contributed by atoms with Crippen molar-refractivity contribution in [2.45, 2.75) is 12.0 Å². The lowest BCUT2D eigenvalue weighted by Crippen LogP contribution is -2.35. The maximum atomic E-state index is 12.3. The van der Waals surface area contributed by atoms with Gasteiger partial charge in [0.15, 0.2) is 11.6 Å². The van der Waals surface area contributed by atoms with Crippen LogP contribution in [-0.2, 0) is 10.4 Å². The van der Waals surface area contributed by atoms with Crippen molar-refractivity contribution in [1.82, 2.24) is 25.0 Å². The Bertz CT molecular complexity index is 1250. The number of nitrogens with two attached hydrogens (primary N) is 1. The summed E-state index contributed by atoms with van der Waals surface area (Å²) < 4.78 is 5.34. The Kier molecular flexibility index (Phi) is 3.86. The van der Waals surface area contributed by atoms with Gasteiger partial charge in [-0.25, -0.2) is 15.0 Å². The average molecular weight is 408 g/mol. The first kappa shape index (κ1) is 17.7. The minimum absolute atomic E-state index is 0.148. The summed E-state index contributed by atoms with van der Waals surface area (Å²) in [5.74, 6) is 0.103. The molecule has 1 aliphatic heterocycles. The third-order valence-electron chi connectivity index (χ3n) is 5.06. The van der Waals surface area contributed by atoms with E-state index in [4.69, 9.17) is 10.3 Å². The van der Waals surface area contributed by atoms with Gasteiger partial charge in [0.1, 0.15) is 27.4 Å². The molecular formula is C19H16N6O3S. The summed E-state index contributed by atoms with van der Waals surface area (Å²) in [6, 6.07) is 9.20. The number of carbonyl (C=O) groups is 1. The Morgan fingerprint density at radius 3 is 2.86 bits per heavy atom.